The maximum atomic E-state index is 11.1. The molecule has 0 radical (unpaired) electrons. The smallest absolute Gasteiger partial charge is 0.256 e. The lowest BCUT2D eigenvalue weighted by atomic mass is 10.1. The van der Waals surface area contributed by atoms with Crippen molar-refractivity contribution >= 4 is 6.03 Å². The summed E-state index contributed by atoms with van der Waals surface area (Å²) < 4.78 is 0. The van der Waals surface area contributed by atoms with Gasteiger partial charge in [0.05, 0.1) is 11.1 Å². The van der Waals surface area contributed by atoms with E-state index < -0.39 is 6.03 Å². The van der Waals surface area contributed by atoms with Crippen molar-refractivity contribution in [3.05, 3.63) is 53.3 Å². The molecule has 2 aromatic rings. The maximum Gasteiger partial charge on any atom is 0.368 e. The van der Waals surface area contributed by atoms with Gasteiger partial charge < -0.3 is 0 Å². The summed E-state index contributed by atoms with van der Waals surface area (Å²) in [5.74, 6) is 0. The first-order valence-corrected chi connectivity index (χ1v) is 4.86. The molecule has 16 heavy (non-hydrogen) atoms. The van der Waals surface area contributed by atoms with Gasteiger partial charge in [0, 0.05) is 11.8 Å². The van der Waals surface area contributed by atoms with E-state index in [9.17, 15) is 4.79 Å². The molecule has 1 aromatic heterocycles. The van der Waals surface area contributed by atoms with Gasteiger partial charge >= 0.3 is 6.03 Å². The van der Waals surface area contributed by atoms with E-state index in [-0.39, 0.29) is 0 Å². The van der Waals surface area contributed by atoms with Gasteiger partial charge in [-0.15, -0.1) is 0 Å². The van der Waals surface area contributed by atoms with E-state index in [0.717, 1.165) is 11.3 Å². The minimum absolute atomic E-state index is 0.446. The minimum atomic E-state index is -0.446. The largest absolute Gasteiger partial charge is 0.368 e. The van der Waals surface area contributed by atoms with E-state index in [1.54, 1.807) is 12.3 Å². The highest BCUT2D eigenvalue weighted by Gasteiger charge is 2.10. The lowest BCUT2D eigenvalue weighted by Gasteiger charge is -1.98. The van der Waals surface area contributed by atoms with E-state index in [1.165, 1.54) is 0 Å². The lowest BCUT2D eigenvalue weighted by molar-refractivity contribution is 0.256. The first-order valence-electron chi connectivity index (χ1n) is 4.86. The predicted molar refractivity (Wildman–Crippen MR) is 57.4 cm³/mol. The zero-order valence-corrected chi connectivity index (χ0v) is 8.29. The van der Waals surface area contributed by atoms with Crippen molar-refractivity contribution in [2.45, 2.75) is 0 Å². The molecule has 0 saturated heterocycles. The number of carbonyl (C=O) groups excluding carboxylic acids is 1. The molecule has 0 N–H and O–H groups in total. The van der Waals surface area contributed by atoms with Crippen molar-refractivity contribution in [1.82, 2.24) is 4.98 Å². The average Bonchev–Trinajstić information content (AvgIpc) is 2.70. The van der Waals surface area contributed by atoms with Gasteiger partial charge in [-0.1, -0.05) is 18.2 Å². The fraction of sp³-hybridized carbons (Fsp3) is 0. The highest BCUT2D eigenvalue weighted by molar-refractivity contribution is 5.78. The standard InChI is InChI=1S/C12H7N3O/c16-12-14-10-6-3-4-8(11(10)15-12)9-5-1-2-7-13-9/h1-7H. The van der Waals surface area contributed by atoms with Crippen LogP contribution in [0.4, 0.5) is 4.79 Å². The zero-order valence-electron chi connectivity index (χ0n) is 8.29. The molecule has 0 spiro atoms. The first kappa shape index (κ1) is 8.91. The number of pyridine rings is 1. The molecule has 76 valence electrons. The molecule has 3 rings (SSSR count). The molecule has 0 fully saturated rings. The van der Waals surface area contributed by atoms with Gasteiger partial charge in [-0.25, -0.2) is 4.79 Å². The van der Waals surface area contributed by atoms with Crippen molar-refractivity contribution in [2.24, 2.45) is 9.98 Å². The molecular formula is C12H7N3O. The van der Waals surface area contributed by atoms with E-state index in [4.69, 9.17) is 0 Å². The van der Waals surface area contributed by atoms with Crippen LogP contribution in [0.3, 0.4) is 0 Å². The number of hydrogen-bond acceptors (Lipinski definition) is 2. The Morgan fingerprint density at radius 1 is 0.938 bits per heavy atom. The van der Waals surface area contributed by atoms with Gasteiger partial charge in [0.1, 0.15) is 5.36 Å². The monoisotopic (exact) mass is 209 g/mol. The number of para-hydroxylation sites is 1. The van der Waals surface area contributed by atoms with Gasteiger partial charge in [0.15, 0.2) is 0 Å². The predicted octanol–water partition coefficient (Wildman–Crippen LogP) is 1.12. The number of urea groups is 1. The molecule has 2 amide bonds. The van der Waals surface area contributed by atoms with E-state index in [0.29, 0.717) is 10.7 Å². The van der Waals surface area contributed by atoms with Crippen LogP contribution in [0.25, 0.3) is 11.3 Å². The Morgan fingerprint density at radius 2 is 1.88 bits per heavy atom. The molecule has 4 heteroatoms. The fourth-order valence-corrected chi connectivity index (χ4v) is 1.69. The van der Waals surface area contributed by atoms with Crippen LogP contribution >= 0.6 is 0 Å². The normalized spacial score (nSPS) is 12.9. The van der Waals surface area contributed by atoms with E-state index >= 15 is 0 Å². The van der Waals surface area contributed by atoms with Gasteiger partial charge in [-0.3, -0.25) is 4.98 Å². The number of aromatic nitrogens is 1. The number of fused-ring (bicyclic) bond motifs is 1. The Hall–Kier alpha value is -2.36. The highest BCUT2D eigenvalue weighted by Crippen LogP contribution is 2.10. The van der Waals surface area contributed by atoms with Gasteiger partial charge in [0.2, 0.25) is 0 Å². The third-order valence-electron chi connectivity index (χ3n) is 2.38. The lowest BCUT2D eigenvalue weighted by Crippen LogP contribution is -2.23. The Balaban J connectivity index is 2.35. The molecular weight excluding hydrogens is 202 g/mol. The summed E-state index contributed by atoms with van der Waals surface area (Å²) in [7, 11) is 0. The summed E-state index contributed by atoms with van der Waals surface area (Å²) in [5, 5.41) is 1.24. The SMILES string of the molecule is O=C1N=c2cccc(-c3ccccn3)c2=N1. The summed E-state index contributed by atoms with van der Waals surface area (Å²) in [5.41, 5.74) is 1.64. The van der Waals surface area contributed by atoms with Crippen LogP contribution in [0.5, 0.6) is 0 Å². The van der Waals surface area contributed by atoms with Gasteiger partial charge in [-0.2, -0.15) is 9.98 Å². The van der Waals surface area contributed by atoms with E-state index in [1.807, 2.05) is 30.3 Å². The summed E-state index contributed by atoms with van der Waals surface area (Å²) >= 11 is 0. The molecule has 0 saturated carbocycles. The fourth-order valence-electron chi connectivity index (χ4n) is 1.69. The summed E-state index contributed by atoms with van der Waals surface area (Å²) in [4.78, 5) is 23.1. The van der Waals surface area contributed by atoms with Crippen molar-refractivity contribution in [1.29, 1.82) is 0 Å². The van der Waals surface area contributed by atoms with Crippen LogP contribution < -0.4 is 10.7 Å². The highest BCUT2D eigenvalue weighted by atomic mass is 16.2. The summed E-state index contributed by atoms with van der Waals surface area (Å²) in [6, 6.07) is 10.7. The van der Waals surface area contributed by atoms with Crippen LogP contribution in [0, 0.1) is 0 Å². The van der Waals surface area contributed by atoms with Crippen LogP contribution in [0.15, 0.2) is 52.6 Å². The van der Waals surface area contributed by atoms with Crippen molar-refractivity contribution in [3.8, 4) is 11.3 Å². The molecule has 1 aliphatic heterocycles. The van der Waals surface area contributed by atoms with Crippen molar-refractivity contribution in [2.75, 3.05) is 0 Å². The van der Waals surface area contributed by atoms with Crippen LogP contribution in [-0.4, -0.2) is 11.0 Å². The molecule has 0 unspecified atom stereocenters. The maximum absolute atomic E-state index is 11.1. The molecule has 2 heterocycles. The quantitative estimate of drug-likeness (QED) is 0.706. The molecule has 0 atom stereocenters. The second-order valence-corrected chi connectivity index (χ2v) is 3.39. The van der Waals surface area contributed by atoms with Crippen LogP contribution in [0.2, 0.25) is 0 Å². The molecule has 1 aliphatic rings. The topological polar surface area (TPSA) is 54.7 Å². The van der Waals surface area contributed by atoms with Crippen molar-refractivity contribution < 1.29 is 4.79 Å². The summed E-state index contributed by atoms with van der Waals surface area (Å²) in [6.07, 6.45) is 1.71. The first-order chi connectivity index (χ1) is 7.84. The number of nitrogens with zero attached hydrogens (tertiary/aromatic N) is 3. The molecule has 4 nitrogen and oxygen atoms in total. The van der Waals surface area contributed by atoms with Gasteiger partial charge in [-0.05, 0) is 18.2 Å². The molecule has 1 aromatic carbocycles. The Bertz CT molecular complexity index is 677. The number of hydrogen-bond donors (Lipinski definition) is 0. The third kappa shape index (κ3) is 1.32. The molecule has 0 aliphatic carbocycles. The Labute approximate surface area is 91.0 Å². The number of amides is 2. The minimum Gasteiger partial charge on any atom is -0.256 e. The van der Waals surface area contributed by atoms with Crippen molar-refractivity contribution in [3.63, 3.8) is 0 Å². The molecule has 0 bridgehead atoms. The number of benzene rings is 1. The summed E-state index contributed by atoms with van der Waals surface area (Å²) in [6.45, 7) is 0. The number of rotatable bonds is 1. The van der Waals surface area contributed by atoms with Crippen LogP contribution in [-0.2, 0) is 0 Å². The van der Waals surface area contributed by atoms with Gasteiger partial charge in [0.25, 0.3) is 0 Å². The second kappa shape index (κ2) is 3.34. The third-order valence-corrected chi connectivity index (χ3v) is 2.38. The van der Waals surface area contributed by atoms with E-state index in [2.05, 4.69) is 15.0 Å². The Kier molecular flexibility index (Phi) is 1.86. The Morgan fingerprint density at radius 3 is 2.69 bits per heavy atom. The average molecular weight is 209 g/mol. The van der Waals surface area contributed by atoms with Crippen LogP contribution in [0.1, 0.15) is 0 Å². The number of carbonyl (C=O) groups is 1. The zero-order chi connectivity index (χ0) is 11.0. The second-order valence-electron chi connectivity index (χ2n) is 3.39.